The first-order chi connectivity index (χ1) is 5.76. The Morgan fingerprint density at radius 3 is 2.92 bits per heavy atom. The molecule has 1 aromatic carbocycles. The fourth-order valence-corrected chi connectivity index (χ4v) is 1.74. The van der Waals surface area contributed by atoms with Crippen LogP contribution in [0, 0.1) is 0 Å². The van der Waals surface area contributed by atoms with Gasteiger partial charge in [-0.1, -0.05) is 24.3 Å². The first-order valence-corrected chi connectivity index (χ1v) is 4.03. The highest BCUT2D eigenvalue weighted by atomic mass is 16.3. The number of fused-ring (bicyclic) bond motifs is 1. The zero-order valence-electron chi connectivity index (χ0n) is 6.66. The molecule has 0 aromatic heterocycles. The molecule has 1 atom stereocenters. The van der Waals surface area contributed by atoms with Crippen molar-refractivity contribution in [3.63, 3.8) is 0 Å². The molecule has 1 unspecified atom stereocenters. The maximum Gasteiger partial charge on any atom is 0.156 e. The second kappa shape index (κ2) is 2.42. The van der Waals surface area contributed by atoms with Gasteiger partial charge >= 0.3 is 0 Å². The van der Waals surface area contributed by atoms with Gasteiger partial charge in [-0.3, -0.25) is 4.79 Å². The van der Waals surface area contributed by atoms with Gasteiger partial charge in [0.2, 0.25) is 0 Å². The van der Waals surface area contributed by atoms with E-state index in [1.807, 2.05) is 24.3 Å². The minimum absolute atomic E-state index is 0.524. The standard InChI is InChI=1S/C10H10O2/c11-7-10(12)6-5-8-3-1-2-4-9(8)10/h1-4,7,12H,5-6H2. The van der Waals surface area contributed by atoms with Crippen molar-refractivity contribution in [1.82, 2.24) is 0 Å². The van der Waals surface area contributed by atoms with Crippen LogP contribution in [-0.4, -0.2) is 11.4 Å². The lowest BCUT2D eigenvalue weighted by molar-refractivity contribution is -0.124. The highest BCUT2D eigenvalue weighted by molar-refractivity contribution is 5.68. The lowest BCUT2D eigenvalue weighted by Gasteiger charge is -2.14. The van der Waals surface area contributed by atoms with E-state index in [0.29, 0.717) is 12.7 Å². The molecule has 0 saturated carbocycles. The van der Waals surface area contributed by atoms with Crippen LogP contribution < -0.4 is 0 Å². The van der Waals surface area contributed by atoms with Gasteiger partial charge in [-0.15, -0.1) is 0 Å². The van der Waals surface area contributed by atoms with Gasteiger partial charge in [-0.2, -0.15) is 0 Å². The van der Waals surface area contributed by atoms with Gasteiger partial charge in [0.25, 0.3) is 0 Å². The predicted molar refractivity (Wildman–Crippen MR) is 44.7 cm³/mol. The van der Waals surface area contributed by atoms with Crippen LogP contribution in [0.3, 0.4) is 0 Å². The highest BCUT2D eigenvalue weighted by Gasteiger charge is 2.35. The molecule has 0 aliphatic heterocycles. The minimum Gasteiger partial charge on any atom is -0.378 e. The van der Waals surface area contributed by atoms with Gasteiger partial charge in [0.1, 0.15) is 5.60 Å². The quantitative estimate of drug-likeness (QED) is 0.626. The summed E-state index contributed by atoms with van der Waals surface area (Å²) in [6, 6.07) is 7.54. The van der Waals surface area contributed by atoms with Gasteiger partial charge in [0.15, 0.2) is 6.29 Å². The Kier molecular flexibility index (Phi) is 1.51. The van der Waals surface area contributed by atoms with E-state index in [4.69, 9.17) is 0 Å². The lowest BCUT2D eigenvalue weighted by Crippen LogP contribution is -2.23. The van der Waals surface area contributed by atoms with E-state index in [1.165, 1.54) is 0 Å². The number of aldehydes is 1. The van der Waals surface area contributed by atoms with Crippen molar-refractivity contribution < 1.29 is 9.90 Å². The monoisotopic (exact) mass is 162 g/mol. The molecular formula is C10H10O2. The van der Waals surface area contributed by atoms with Gasteiger partial charge in [0.05, 0.1) is 0 Å². The fourth-order valence-electron chi connectivity index (χ4n) is 1.74. The van der Waals surface area contributed by atoms with Crippen molar-refractivity contribution in [2.75, 3.05) is 0 Å². The number of carbonyl (C=O) groups excluding carboxylic acids is 1. The molecule has 2 rings (SSSR count). The third-order valence-corrected chi connectivity index (χ3v) is 2.45. The molecule has 0 radical (unpaired) electrons. The third-order valence-electron chi connectivity index (χ3n) is 2.45. The van der Waals surface area contributed by atoms with Crippen LogP contribution in [0.25, 0.3) is 0 Å². The van der Waals surface area contributed by atoms with Crippen molar-refractivity contribution in [1.29, 1.82) is 0 Å². The van der Waals surface area contributed by atoms with Crippen molar-refractivity contribution in [2.45, 2.75) is 18.4 Å². The van der Waals surface area contributed by atoms with Gasteiger partial charge in [-0.05, 0) is 24.0 Å². The number of aliphatic hydroxyl groups is 1. The van der Waals surface area contributed by atoms with Crippen LogP contribution in [0.15, 0.2) is 24.3 Å². The van der Waals surface area contributed by atoms with E-state index < -0.39 is 5.60 Å². The van der Waals surface area contributed by atoms with Gasteiger partial charge in [-0.25, -0.2) is 0 Å². The average Bonchev–Trinajstić information content (AvgIpc) is 2.46. The zero-order valence-corrected chi connectivity index (χ0v) is 6.66. The SMILES string of the molecule is O=CC1(O)CCc2ccccc21. The number of rotatable bonds is 1. The summed E-state index contributed by atoms with van der Waals surface area (Å²) in [6.07, 6.45) is 1.96. The van der Waals surface area contributed by atoms with Crippen molar-refractivity contribution in [3.8, 4) is 0 Å². The Labute approximate surface area is 70.8 Å². The van der Waals surface area contributed by atoms with E-state index in [0.717, 1.165) is 17.5 Å². The number of carbonyl (C=O) groups is 1. The van der Waals surface area contributed by atoms with Gasteiger partial charge < -0.3 is 5.11 Å². The summed E-state index contributed by atoms with van der Waals surface area (Å²) in [5, 5.41) is 9.78. The Balaban J connectivity index is 2.56. The Morgan fingerprint density at radius 2 is 2.17 bits per heavy atom. The van der Waals surface area contributed by atoms with Gasteiger partial charge in [0, 0.05) is 0 Å². The van der Waals surface area contributed by atoms with Crippen molar-refractivity contribution in [3.05, 3.63) is 35.4 Å². The van der Waals surface area contributed by atoms with Crippen LogP contribution in [0.1, 0.15) is 17.5 Å². The van der Waals surface area contributed by atoms with E-state index in [9.17, 15) is 9.90 Å². The highest BCUT2D eigenvalue weighted by Crippen LogP contribution is 2.34. The molecule has 62 valence electrons. The van der Waals surface area contributed by atoms with Crippen LogP contribution in [0.5, 0.6) is 0 Å². The molecule has 0 bridgehead atoms. The molecule has 2 heteroatoms. The van der Waals surface area contributed by atoms with Crippen molar-refractivity contribution in [2.24, 2.45) is 0 Å². The lowest BCUT2D eigenvalue weighted by atomic mass is 9.98. The first-order valence-electron chi connectivity index (χ1n) is 4.03. The molecule has 0 heterocycles. The van der Waals surface area contributed by atoms with Crippen LogP contribution in [0.4, 0.5) is 0 Å². The molecule has 1 aliphatic rings. The molecule has 0 spiro atoms. The maximum absolute atomic E-state index is 10.6. The number of hydrogen-bond acceptors (Lipinski definition) is 2. The van der Waals surface area contributed by atoms with Crippen LogP contribution >= 0.6 is 0 Å². The molecule has 1 N–H and O–H groups in total. The summed E-state index contributed by atoms with van der Waals surface area (Å²) in [7, 11) is 0. The number of aryl methyl sites for hydroxylation is 1. The Morgan fingerprint density at radius 1 is 1.42 bits per heavy atom. The molecule has 12 heavy (non-hydrogen) atoms. The summed E-state index contributed by atoms with van der Waals surface area (Å²) in [5.74, 6) is 0. The third kappa shape index (κ3) is 0.883. The molecule has 1 aromatic rings. The smallest absolute Gasteiger partial charge is 0.156 e. The van der Waals surface area contributed by atoms with Crippen LogP contribution in [-0.2, 0) is 16.8 Å². The van der Waals surface area contributed by atoms with E-state index in [1.54, 1.807) is 0 Å². The minimum atomic E-state index is -1.21. The second-order valence-electron chi connectivity index (χ2n) is 3.20. The second-order valence-corrected chi connectivity index (χ2v) is 3.20. The molecule has 0 saturated heterocycles. The largest absolute Gasteiger partial charge is 0.378 e. The average molecular weight is 162 g/mol. The molecule has 2 nitrogen and oxygen atoms in total. The summed E-state index contributed by atoms with van der Waals surface area (Å²) in [5.41, 5.74) is 0.656. The maximum atomic E-state index is 10.6. The summed E-state index contributed by atoms with van der Waals surface area (Å²) < 4.78 is 0. The topological polar surface area (TPSA) is 37.3 Å². The zero-order chi connectivity index (χ0) is 8.60. The Hall–Kier alpha value is -1.15. The number of benzene rings is 1. The van der Waals surface area contributed by atoms with Crippen molar-refractivity contribution >= 4 is 6.29 Å². The molecule has 1 aliphatic carbocycles. The predicted octanol–water partition coefficient (Wildman–Crippen LogP) is 1.02. The Bertz CT molecular complexity index is 319. The summed E-state index contributed by atoms with van der Waals surface area (Å²) >= 11 is 0. The van der Waals surface area contributed by atoms with E-state index in [-0.39, 0.29) is 0 Å². The first kappa shape index (κ1) is 7.50. The van der Waals surface area contributed by atoms with Crippen LogP contribution in [0.2, 0.25) is 0 Å². The normalized spacial score (nSPS) is 26.8. The molecule has 0 amide bonds. The number of hydrogen-bond donors (Lipinski definition) is 1. The summed E-state index contributed by atoms with van der Waals surface area (Å²) in [6.45, 7) is 0. The molecule has 0 fully saturated rings. The molecular weight excluding hydrogens is 152 g/mol. The van der Waals surface area contributed by atoms with E-state index in [2.05, 4.69) is 0 Å². The fraction of sp³-hybridized carbons (Fsp3) is 0.300. The van der Waals surface area contributed by atoms with E-state index >= 15 is 0 Å². The summed E-state index contributed by atoms with van der Waals surface area (Å²) in [4.78, 5) is 10.6.